The van der Waals surface area contributed by atoms with E-state index in [2.05, 4.69) is 121 Å². The molecule has 11 rings (SSSR count). The first-order valence-corrected chi connectivity index (χ1v) is 22.1. The molecule has 0 amide bonds. The van der Waals surface area contributed by atoms with Crippen LogP contribution in [0.4, 0.5) is 0 Å². The zero-order valence-electron chi connectivity index (χ0n) is 33.6. The number of allylic oxidation sites excluding steroid dienone is 7. The van der Waals surface area contributed by atoms with Crippen LogP contribution in [0.15, 0.2) is 190 Å². The lowest BCUT2D eigenvalue weighted by Crippen LogP contribution is -2.32. The molecule has 3 heterocycles. The highest BCUT2D eigenvalue weighted by atomic mass is 32.2. The lowest BCUT2D eigenvalue weighted by atomic mass is 9.81. The largest absolute Gasteiger partial charge is 0.484 e. The van der Waals surface area contributed by atoms with Crippen LogP contribution in [0.25, 0.3) is 22.7 Å². The predicted molar refractivity (Wildman–Crippen MR) is 251 cm³/mol. The van der Waals surface area contributed by atoms with Gasteiger partial charge in [-0.3, -0.25) is 15.8 Å². The van der Waals surface area contributed by atoms with Crippen LogP contribution >= 0.6 is 11.8 Å². The average molecular weight is 813 g/mol. The van der Waals surface area contributed by atoms with E-state index in [0.717, 1.165) is 83.0 Å². The van der Waals surface area contributed by atoms with E-state index >= 15 is 0 Å². The molecule has 0 saturated heterocycles. The maximum atomic E-state index is 9.03. The lowest BCUT2D eigenvalue weighted by Gasteiger charge is -2.29. The van der Waals surface area contributed by atoms with Gasteiger partial charge in [-0.05, 0) is 84.7 Å². The van der Waals surface area contributed by atoms with Gasteiger partial charge in [0, 0.05) is 56.3 Å². The summed E-state index contributed by atoms with van der Waals surface area (Å²) in [6.07, 6.45) is 29.2. The maximum Gasteiger partial charge on any atom is 0.138 e. The summed E-state index contributed by atoms with van der Waals surface area (Å²) in [6.45, 7) is 0. The Kier molecular flexibility index (Phi) is 9.62. The number of para-hydroxylation sites is 2. The van der Waals surface area contributed by atoms with Crippen LogP contribution in [0.5, 0.6) is 5.75 Å². The number of ether oxygens (including phenoxy) is 1. The topological polar surface area (TPSA) is 94.5 Å². The van der Waals surface area contributed by atoms with E-state index in [9.17, 15) is 0 Å². The Labute approximate surface area is 360 Å². The zero-order chi connectivity index (χ0) is 40.9. The van der Waals surface area contributed by atoms with Crippen LogP contribution in [-0.2, 0) is 6.42 Å². The molecule has 7 heteroatoms. The number of benzene rings is 4. The Morgan fingerprint density at radius 1 is 0.803 bits per heavy atom. The lowest BCUT2D eigenvalue weighted by molar-refractivity contribution is 0.257. The second-order valence-electron chi connectivity index (χ2n) is 16.4. The Morgan fingerprint density at radius 2 is 1.62 bits per heavy atom. The van der Waals surface area contributed by atoms with Gasteiger partial charge in [0.1, 0.15) is 39.1 Å². The van der Waals surface area contributed by atoms with E-state index in [-0.39, 0.29) is 24.0 Å². The molecule has 298 valence electrons. The quantitative estimate of drug-likeness (QED) is 0.113. The molecule has 2 aliphatic heterocycles. The molecule has 3 N–H and O–H groups in total. The van der Waals surface area contributed by atoms with E-state index in [0.29, 0.717) is 10.1 Å². The van der Waals surface area contributed by atoms with Crippen molar-refractivity contribution >= 4 is 50.4 Å². The fraction of sp³-hybridized carbons (Fsp3) is 0.167. The van der Waals surface area contributed by atoms with Crippen molar-refractivity contribution in [3.8, 4) is 5.75 Å². The minimum absolute atomic E-state index is 0.0481. The third kappa shape index (κ3) is 7.03. The zero-order valence-corrected chi connectivity index (χ0v) is 34.4. The minimum Gasteiger partial charge on any atom is -0.484 e. The summed E-state index contributed by atoms with van der Waals surface area (Å²) < 4.78 is 13.2. The first-order valence-electron chi connectivity index (χ1n) is 21.3. The number of aryl methyl sites for hydroxylation is 1. The first kappa shape index (κ1) is 37.3. The van der Waals surface area contributed by atoms with Gasteiger partial charge in [-0.15, -0.1) is 0 Å². The van der Waals surface area contributed by atoms with Gasteiger partial charge in [-0.25, -0.2) is 0 Å². The van der Waals surface area contributed by atoms with Crippen molar-refractivity contribution in [3.05, 3.63) is 219 Å². The number of aliphatic imine (C=N–C) groups is 1. The number of furan rings is 1. The van der Waals surface area contributed by atoms with E-state index in [1.807, 2.05) is 48.5 Å². The van der Waals surface area contributed by atoms with Crippen LogP contribution in [0.3, 0.4) is 0 Å². The van der Waals surface area contributed by atoms with Crippen molar-refractivity contribution < 1.29 is 9.15 Å². The van der Waals surface area contributed by atoms with Gasteiger partial charge in [-0.2, -0.15) is 0 Å². The highest BCUT2D eigenvalue weighted by Gasteiger charge is 2.38. The number of nitrogens with zero attached hydrogens (tertiary/aromatic N) is 1. The summed E-state index contributed by atoms with van der Waals surface area (Å²) in [6, 6.07) is 32.5. The molecule has 0 fully saturated rings. The van der Waals surface area contributed by atoms with Gasteiger partial charge in [0.2, 0.25) is 0 Å². The molecule has 6 nitrogen and oxygen atoms in total. The highest BCUT2D eigenvalue weighted by Crippen LogP contribution is 2.46. The second-order valence-corrected chi connectivity index (χ2v) is 17.4. The molecule has 4 unspecified atom stereocenters. The standard InChI is InChI=1S/C54H44N4O2S/c55-52(33-13-2-1-3-14-33)61-53(56)38-19-10-18-37(31-38)47-32-46(36-17-8-15-34(29-36)40-23-11-25-44-42-21-4-6-27-48(42)59-50(40)44)57-54(58-47)39-20-9-16-35(30-39)41-24-12-26-45-43-22-5-7-28-49(43)60-51(41)45/h1-3,5-8,10-15,17-20,22-28,30-32,34,45-46,51,55-56H,4,9,16,21,29H2,(H,57,58). The predicted octanol–water partition coefficient (Wildman–Crippen LogP) is 12.5. The third-order valence-electron chi connectivity index (χ3n) is 12.6. The van der Waals surface area contributed by atoms with Gasteiger partial charge in [-0.1, -0.05) is 145 Å². The molecule has 0 saturated carbocycles. The van der Waals surface area contributed by atoms with Gasteiger partial charge in [0.15, 0.2) is 0 Å². The van der Waals surface area contributed by atoms with Crippen molar-refractivity contribution in [2.75, 3.05) is 0 Å². The number of hydrogen-bond acceptors (Lipinski definition) is 7. The van der Waals surface area contributed by atoms with Crippen molar-refractivity contribution in [2.24, 2.45) is 4.99 Å². The summed E-state index contributed by atoms with van der Waals surface area (Å²) in [5.74, 6) is 3.13. The summed E-state index contributed by atoms with van der Waals surface area (Å²) in [4.78, 5) is 5.50. The summed E-state index contributed by atoms with van der Waals surface area (Å²) in [5, 5.41) is 23.4. The van der Waals surface area contributed by atoms with Gasteiger partial charge in [0.25, 0.3) is 0 Å². The number of rotatable bonds is 7. The molecule has 61 heavy (non-hydrogen) atoms. The van der Waals surface area contributed by atoms with Crippen LogP contribution in [0, 0.1) is 10.8 Å². The van der Waals surface area contributed by atoms with E-state index in [4.69, 9.17) is 25.0 Å². The summed E-state index contributed by atoms with van der Waals surface area (Å²) in [7, 11) is 0. The van der Waals surface area contributed by atoms with Crippen molar-refractivity contribution in [3.63, 3.8) is 0 Å². The normalized spacial score (nSPS) is 22.3. The van der Waals surface area contributed by atoms with Gasteiger partial charge < -0.3 is 14.5 Å². The molecule has 1 aromatic heterocycles. The van der Waals surface area contributed by atoms with Crippen LogP contribution in [0.1, 0.15) is 76.7 Å². The number of amidine groups is 1. The molecule has 6 aliphatic rings. The molecule has 4 atom stereocenters. The molecule has 4 aromatic carbocycles. The van der Waals surface area contributed by atoms with Crippen molar-refractivity contribution in [1.82, 2.24) is 5.32 Å². The fourth-order valence-corrected chi connectivity index (χ4v) is 10.3. The van der Waals surface area contributed by atoms with E-state index in [1.54, 1.807) is 0 Å². The average Bonchev–Trinajstić information content (AvgIpc) is 3.91. The molecule has 0 radical (unpaired) electrons. The first-order chi connectivity index (χ1) is 30.0. The van der Waals surface area contributed by atoms with Crippen LogP contribution in [0.2, 0.25) is 0 Å². The Bertz CT molecular complexity index is 2930. The SMILES string of the molecule is N=C(SC(=N)c1cccc(C2=CC(C3=CC=CC(c4cccc5c6c(oc45)C=CCC6)C3)N=C(C3=CCCC(C4=CC=CC5c6ccccc6OC45)=C3)N2)c1)c1ccccc1. The van der Waals surface area contributed by atoms with Gasteiger partial charge in [0.05, 0.1) is 6.04 Å². The molecule has 0 bridgehead atoms. The molecule has 0 spiro atoms. The van der Waals surface area contributed by atoms with Crippen molar-refractivity contribution in [2.45, 2.75) is 56.1 Å². The van der Waals surface area contributed by atoms with E-state index in [1.165, 1.54) is 50.6 Å². The second kappa shape index (κ2) is 15.7. The fourth-order valence-electron chi connectivity index (χ4n) is 9.58. The monoisotopic (exact) mass is 812 g/mol. The number of thioether (sulfide) groups is 1. The molecular weight excluding hydrogens is 769 g/mol. The Balaban J connectivity index is 0.926. The van der Waals surface area contributed by atoms with E-state index < -0.39 is 0 Å². The summed E-state index contributed by atoms with van der Waals surface area (Å²) in [5.41, 5.74) is 13.0. The number of hydrogen-bond donors (Lipinski definition) is 3. The summed E-state index contributed by atoms with van der Waals surface area (Å²) >= 11 is 1.17. The number of fused-ring (bicyclic) bond motifs is 6. The number of nitrogens with one attached hydrogen (secondary N) is 3. The Hall–Kier alpha value is -6.70. The van der Waals surface area contributed by atoms with Crippen molar-refractivity contribution in [1.29, 1.82) is 10.8 Å². The highest BCUT2D eigenvalue weighted by molar-refractivity contribution is 8.27. The smallest absolute Gasteiger partial charge is 0.138 e. The van der Waals surface area contributed by atoms with Crippen LogP contribution in [-0.4, -0.2) is 28.1 Å². The maximum absolute atomic E-state index is 9.03. The molecule has 5 aromatic rings. The molecule has 4 aliphatic carbocycles. The van der Waals surface area contributed by atoms with Crippen LogP contribution < -0.4 is 10.1 Å². The molecular formula is C54H44N4O2S. The van der Waals surface area contributed by atoms with Gasteiger partial charge >= 0.3 is 0 Å². The minimum atomic E-state index is -0.220. The third-order valence-corrected chi connectivity index (χ3v) is 13.5. The Morgan fingerprint density at radius 3 is 2.56 bits per heavy atom.